The van der Waals surface area contributed by atoms with Gasteiger partial charge in [-0.05, 0) is 42.5 Å². The Kier molecular flexibility index (Phi) is 4.47. The van der Waals surface area contributed by atoms with Crippen molar-refractivity contribution in [1.29, 1.82) is 0 Å². The van der Waals surface area contributed by atoms with Crippen molar-refractivity contribution in [1.82, 2.24) is 10.6 Å². The first kappa shape index (κ1) is 15.3. The number of benzene rings is 1. The van der Waals surface area contributed by atoms with Crippen molar-refractivity contribution in [2.45, 2.75) is 24.9 Å². The number of hydrogen-bond donors (Lipinski definition) is 3. The third-order valence-corrected chi connectivity index (χ3v) is 3.82. The van der Waals surface area contributed by atoms with Gasteiger partial charge < -0.3 is 20.5 Å². The van der Waals surface area contributed by atoms with Crippen molar-refractivity contribution in [3.05, 3.63) is 29.3 Å². The number of aryl methyl sites for hydroxylation is 1. The molecule has 0 saturated heterocycles. The van der Waals surface area contributed by atoms with Crippen LogP contribution in [0.4, 0.5) is 0 Å². The molecular formula is C15H20N2O4. The van der Waals surface area contributed by atoms with Gasteiger partial charge in [-0.2, -0.15) is 0 Å². The molecule has 0 radical (unpaired) electrons. The summed E-state index contributed by atoms with van der Waals surface area (Å²) >= 11 is 0. The standard InChI is InChI=1S/C15H20N2O4/c1-16-13(18)14(19)17-9-15(20)7-3-4-10-8-11(21-2)5-6-12(10)15/h5-6,8,20H,3-4,7,9H2,1-2H3,(H,16,18)(H,17,19). The van der Waals surface area contributed by atoms with E-state index in [2.05, 4.69) is 10.6 Å². The molecule has 0 spiro atoms. The average Bonchev–Trinajstić information content (AvgIpc) is 2.51. The fraction of sp³-hybridized carbons (Fsp3) is 0.467. The van der Waals surface area contributed by atoms with E-state index in [0.717, 1.165) is 29.7 Å². The van der Waals surface area contributed by atoms with Gasteiger partial charge in [-0.3, -0.25) is 9.59 Å². The lowest BCUT2D eigenvalue weighted by atomic mass is 9.79. The molecule has 2 amide bonds. The molecule has 2 rings (SSSR count). The number of ether oxygens (including phenoxy) is 1. The summed E-state index contributed by atoms with van der Waals surface area (Å²) in [6, 6.07) is 5.51. The lowest BCUT2D eigenvalue weighted by Gasteiger charge is -2.34. The molecule has 1 unspecified atom stereocenters. The van der Waals surface area contributed by atoms with Crippen molar-refractivity contribution in [2.24, 2.45) is 0 Å². The summed E-state index contributed by atoms with van der Waals surface area (Å²) in [4.78, 5) is 22.7. The Bertz CT molecular complexity index is 559. The topological polar surface area (TPSA) is 87.7 Å². The maximum Gasteiger partial charge on any atom is 0.309 e. The maximum atomic E-state index is 11.5. The van der Waals surface area contributed by atoms with E-state index in [1.54, 1.807) is 13.2 Å². The van der Waals surface area contributed by atoms with Gasteiger partial charge in [0.15, 0.2) is 0 Å². The minimum absolute atomic E-state index is 0.0125. The molecule has 0 heterocycles. The van der Waals surface area contributed by atoms with Crippen LogP contribution in [0, 0.1) is 0 Å². The highest BCUT2D eigenvalue weighted by Gasteiger charge is 2.35. The smallest absolute Gasteiger partial charge is 0.309 e. The molecule has 0 saturated carbocycles. The van der Waals surface area contributed by atoms with E-state index in [0.29, 0.717) is 6.42 Å². The first-order chi connectivity index (χ1) is 10.00. The van der Waals surface area contributed by atoms with Crippen molar-refractivity contribution >= 4 is 11.8 Å². The summed E-state index contributed by atoms with van der Waals surface area (Å²) in [7, 11) is 2.99. The molecule has 0 aromatic heterocycles. The van der Waals surface area contributed by atoms with Gasteiger partial charge in [0.1, 0.15) is 11.4 Å². The van der Waals surface area contributed by atoms with Crippen LogP contribution in [0.15, 0.2) is 18.2 Å². The fourth-order valence-electron chi connectivity index (χ4n) is 2.67. The molecule has 0 aliphatic heterocycles. The summed E-state index contributed by atoms with van der Waals surface area (Å²) in [6.45, 7) is 0.0125. The number of hydrogen-bond acceptors (Lipinski definition) is 4. The van der Waals surface area contributed by atoms with Gasteiger partial charge in [-0.25, -0.2) is 0 Å². The number of likely N-dealkylation sites (N-methyl/N-ethyl adjacent to an activating group) is 1. The van der Waals surface area contributed by atoms with Crippen molar-refractivity contribution in [3.8, 4) is 5.75 Å². The largest absolute Gasteiger partial charge is 0.497 e. The van der Waals surface area contributed by atoms with Crippen LogP contribution in [0.25, 0.3) is 0 Å². The normalized spacial score (nSPS) is 20.3. The van der Waals surface area contributed by atoms with Gasteiger partial charge in [-0.1, -0.05) is 6.07 Å². The molecular weight excluding hydrogens is 272 g/mol. The Morgan fingerprint density at radius 3 is 2.81 bits per heavy atom. The average molecular weight is 292 g/mol. The first-order valence-electron chi connectivity index (χ1n) is 6.90. The van der Waals surface area contributed by atoms with Crippen LogP contribution in [-0.4, -0.2) is 37.6 Å². The van der Waals surface area contributed by atoms with Crippen LogP contribution in [0.1, 0.15) is 24.0 Å². The fourth-order valence-corrected chi connectivity index (χ4v) is 2.67. The van der Waals surface area contributed by atoms with Gasteiger partial charge >= 0.3 is 11.8 Å². The van der Waals surface area contributed by atoms with Crippen LogP contribution in [0.5, 0.6) is 5.75 Å². The zero-order valence-electron chi connectivity index (χ0n) is 12.2. The van der Waals surface area contributed by atoms with Crippen LogP contribution >= 0.6 is 0 Å². The van der Waals surface area contributed by atoms with Gasteiger partial charge in [0.25, 0.3) is 0 Å². The van der Waals surface area contributed by atoms with E-state index in [1.807, 2.05) is 12.1 Å². The highest BCUT2D eigenvalue weighted by atomic mass is 16.5. The van der Waals surface area contributed by atoms with Crippen LogP contribution in [0.2, 0.25) is 0 Å². The molecule has 3 N–H and O–H groups in total. The van der Waals surface area contributed by atoms with Gasteiger partial charge in [0.2, 0.25) is 0 Å². The van der Waals surface area contributed by atoms with E-state index in [1.165, 1.54) is 7.05 Å². The molecule has 21 heavy (non-hydrogen) atoms. The quantitative estimate of drug-likeness (QED) is 0.689. The zero-order valence-corrected chi connectivity index (χ0v) is 12.2. The minimum Gasteiger partial charge on any atom is -0.497 e. The van der Waals surface area contributed by atoms with Crippen LogP contribution in [-0.2, 0) is 21.6 Å². The Morgan fingerprint density at radius 1 is 1.38 bits per heavy atom. The maximum absolute atomic E-state index is 11.5. The minimum atomic E-state index is -1.15. The number of carbonyl (C=O) groups excluding carboxylic acids is 2. The molecule has 0 fully saturated rings. The predicted octanol–water partition coefficient (Wildman–Crippen LogP) is 0.0813. The van der Waals surface area contributed by atoms with E-state index < -0.39 is 17.4 Å². The first-order valence-corrected chi connectivity index (χ1v) is 6.90. The Labute approximate surface area is 123 Å². The van der Waals surface area contributed by atoms with Gasteiger partial charge in [0.05, 0.1) is 13.7 Å². The molecule has 1 aromatic rings. The summed E-state index contributed by atoms with van der Waals surface area (Å²) in [5, 5.41) is 15.5. The molecule has 1 aliphatic rings. The molecule has 1 atom stereocenters. The predicted molar refractivity (Wildman–Crippen MR) is 76.9 cm³/mol. The van der Waals surface area contributed by atoms with Gasteiger partial charge in [-0.15, -0.1) is 0 Å². The molecule has 6 nitrogen and oxygen atoms in total. The molecule has 1 aliphatic carbocycles. The Hall–Kier alpha value is -2.08. The Balaban J connectivity index is 2.17. The number of amides is 2. The summed E-state index contributed by atoms with van der Waals surface area (Å²) in [5.74, 6) is -0.719. The van der Waals surface area contributed by atoms with Crippen molar-refractivity contribution < 1.29 is 19.4 Å². The van der Waals surface area contributed by atoms with Crippen molar-refractivity contribution in [2.75, 3.05) is 20.7 Å². The monoisotopic (exact) mass is 292 g/mol. The SMILES string of the molecule is CNC(=O)C(=O)NCC1(O)CCCc2cc(OC)ccc21. The van der Waals surface area contributed by atoms with Crippen LogP contribution in [0.3, 0.4) is 0 Å². The third-order valence-electron chi connectivity index (χ3n) is 3.82. The molecule has 1 aromatic carbocycles. The molecule has 6 heteroatoms. The van der Waals surface area contributed by atoms with Crippen LogP contribution < -0.4 is 15.4 Å². The van der Waals surface area contributed by atoms with Crippen molar-refractivity contribution in [3.63, 3.8) is 0 Å². The number of methoxy groups -OCH3 is 1. The van der Waals surface area contributed by atoms with E-state index in [9.17, 15) is 14.7 Å². The molecule has 114 valence electrons. The third kappa shape index (κ3) is 3.16. The number of rotatable bonds is 3. The highest BCUT2D eigenvalue weighted by Crippen LogP contribution is 2.36. The summed E-state index contributed by atoms with van der Waals surface area (Å²) in [5.41, 5.74) is 0.646. The lowest BCUT2D eigenvalue weighted by Crippen LogP contribution is -2.47. The number of nitrogens with one attached hydrogen (secondary N) is 2. The highest BCUT2D eigenvalue weighted by molar-refractivity contribution is 6.35. The van der Waals surface area contributed by atoms with E-state index >= 15 is 0 Å². The number of carbonyl (C=O) groups is 2. The second kappa shape index (κ2) is 6.13. The zero-order chi connectivity index (χ0) is 15.5. The number of aliphatic hydroxyl groups is 1. The van der Waals surface area contributed by atoms with E-state index in [-0.39, 0.29) is 6.54 Å². The number of fused-ring (bicyclic) bond motifs is 1. The molecule has 0 bridgehead atoms. The second-order valence-corrected chi connectivity index (χ2v) is 5.17. The van der Waals surface area contributed by atoms with Gasteiger partial charge in [0, 0.05) is 7.05 Å². The van der Waals surface area contributed by atoms with E-state index in [4.69, 9.17) is 4.74 Å². The lowest BCUT2D eigenvalue weighted by molar-refractivity contribution is -0.139. The second-order valence-electron chi connectivity index (χ2n) is 5.17. The summed E-state index contributed by atoms with van der Waals surface area (Å²) < 4.78 is 5.19. The Morgan fingerprint density at radius 2 is 2.14 bits per heavy atom. The summed E-state index contributed by atoms with van der Waals surface area (Å²) in [6.07, 6.45) is 2.21.